The second-order valence-corrected chi connectivity index (χ2v) is 9.45. The average Bonchev–Trinajstić information content (AvgIpc) is 2.80. The van der Waals surface area contributed by atoms with E-state index in [2.05, 4.69) is 5.32 Å². The second kappa shape index (κ2) is 8.91. The van der Waals surface area contributed by atoms with Crippen LogP contribution in [0.3, 0.4) is 0 Å². The monoisotopic (exact) mass is 435 g/mol. The highest BCUT2D eigenvalue weighted by Crippen LogP contribution is 2.34. The Balaban J connectivity index is 1.72. The quantitative estimate of drug-likeness (QED) is 0.650. The van der Waals surface area contributed by atoms with Gasteiger partial charge in [-0.15, -0.1) is 0 Å². The third-order valence-corrected chi connectivity index (χ3v) is 7.22. The summed E-state index contributed by atoms with van der Waals surface area (Å²) >= 11 is 0. The summed E-state index contributed by atoms with van der Waals surface area (Å²) in [7, 11) is -3.80. The molecule has 1 fully saturated rings. The van der Waals surface area contributed by atoms with Gasteiger partial charge in [-0.3, -0.25) is 0 Å². The predicted octanol–water partition coefficient (Wildman–Crippen LogP) is 4.62. The number of anilines is 1. The normalized spacial score (nSPS) is 17.3. The van der Waals surface area contributed by atoms with Crippen LogP contribution in [0.1, 0.15) is 23.7 Å². The number of benzene rings is 3. The Bertz CT molecular complexity index is 1130. The Morgan fingerprint density at radius 3 is 2.13 bits per heavy atom. The molecule has 1 saturated heterocycles. The minimum Gasteiger partial charge on any atom is -0.308 e. The Morgan fingerprint density at radius 2 is 1.48 bits per heavy atom. The molecule has 3 aromatic carbocycles. The number of para-hydroxylation sites is 1. The second-order valence-electron chi connectivity index (χ2n) is 7.56. The van der Waals surface area contributed by atoms with Gasteiger partial charge in [0.1, 0.15) is 6.17 Å². The van der Waals surface area contributed by atoms with Gasteiger partial charge in [-0.2, -0.15) is 4.31 Å². The average molecular weight is 436 g/mol. The first-order chi connectivity index (χ1) is 15.0. The number of sulfonamides is 1. The number of carbonyl (C=O) groups is 1. The maximum Gasteiger partial charge on any atom is 0.323 e. The highest BCUT2D eigenvalue weighted by atomic mass is 32.2. The van der Waals surface area contributed by atoms with Gasteiger partial charge >= 0.3 is 6.03 Å². The molecule has 3 aromatic rings. The van der Waals surface area contributed by atoms with Gasteiger partial charge in [0.2, 0.25) is 10.0 Å². The molecule has 2 amide bonds. The third-order valence-electron chi connectivity index (χ3n) is 5.36. The Morgan fingerprint density at radius 1 is 0.871 bits per heavy atom. The lowest BCUT2D eigenvalue weighted by Gasteiger charge is -2.43. The van der Waals surface area contributed by atoms with Crippen molar-refractivity contribution in [3.63, 3.8) is 0 Å². The van der Waals surface area contributed by atoms with Gasteiger partial charge in [-0.25, -0.2) is 13.2 Å². The van der Waals surface area contributed by atoms with Crippen molar-refractivity contribution in [1.82, 2.24) is 9.21 Å². The van der Waals surface area contributed by atoms with Crippen LogP contribution in [0.2, 0.25) is 0 Å². The molecule has 1 aliphatic heterocycles. The van der Waals surface area contributed by atoms with E-state index in [1.807, 2.05) is 55.5 Å². The van der Waals surface area contributed by atoms with Crippen molar-refractivity contribution in [3.05, 3.63) is 96.1 Å². The van der Waals surface area contributed by atoms with Crippen molar-refractivity contribution >= 4 is 21.7 Å². The van der Waals surface area contributed by atoms with Gasteiger partial charge in [-0.1, -0.05) is 66.2 Å². The fraction of sp³-hybridized carbons (Fsp3) is 0.208. The van der Waals surface area contributed by atoms with Crippen LogP contribution in [0.15, 0.2) is 89.8 Å². The standard InChI is InChI=1S/C24H25N3O3S/c1-19-13-15-22(16-14-19)31(29,30)27-18-8-17-26(23(27)20-9-4-2-5-10-20)24(28)25-21-11-6-3-7-12-21/h2-7,9-16,23H,8,17-18H2,1H3,(H,25,28)/t23-/m0/s1. The Labute approximate surface area is 183 Å². The first-order valence-electron chi connectivity index (χ1n) is 10.2. The topological polar surface area (TPSA) is 69.7 Å². The lowest BCUT2D eigenvalue weighted by atomic mass is 10.1. The molecule has 4 rings (SSSR count). The molecular weight excluding hydrogens is 410 g/mol. The van der Waals surface area contributed by atoms with Crippen molar-refractivity contribution in [1.29, 1.82) is 0 Å². The van der Waals surface area contributed by atoms with Gasteiger partial charge in [0.05, 0.1) is 4.90 Å². The van der Waals surface area contributed by atoms with Gasteiger partial charge < -0.3 is 10.2 Å². The van der Waals surface area contributed by atoms with E-state index in [1.165, 1.54) is 4.31 Å². The molecule has 0 unspecified atom stereocenters. The van der Waals surface area contributed by atoms with Crippen LogP contribution >= 0.6 is 0 Å². The lowest BCUT2D eigenvalue weighted by Crippen LogP contribution is -2.53. The number of amides is 2. The Kier molecular flexibility index (Phi) is 6.06. The largest absolute Gasteiger partial charge is 0.323 e. The summed E-state index contributed by atoms with van der Waals surface area (Å²) < 4.78 is 28.6. The van der Waals surface area contributed by atoms with Crippen LogP contribution < -0.4 is 5.32 Å². The predicted molar refractivity (Wildman–Crippen MR) is 121 cm³/mol. The number of carbonyl (C=O) groups excluding carboxylic acids is 1. The van der Waals surface area contributed by atoms with Crippen LogP contribution in [0.4, 0.5) is 10.5 Å². The summed E-state index contributed by atoms with van der Waals surface area (Å²) in [5.41, 5.74) is 2.40. The number of nitrogens with one attached hydrogen (secondary N) is 1. The Hall–Kier alpha value is -3.16. The van der Waals surface area contributed by atoms with Crippen LogP contribution in [0.5, 0.6) is 0 Å². The van der Waals surface area contributed by atoms with E-state index in [0.29, 0.717) is 25.2 Å². The molecule has 6 nitrogen and oxygen atoms in total. The fourth-order valence-electron chi connectivity index (χ4n) is 3.79. The zero-order valence-electron chi connectivity index (χ0n) is 17.3. The number of rotatable bonds is 4. The zero-order chi connectivity index (χ0) is 21.8. The molecule has 1 atom stereocenters. The first-order valence-corrected chi connectivity index (χ1v) is 11.7. The van der Waals surface area contributed by atoms with Crippen molar-refractivity contribution < 1.29 is 13.2 Å². The minimum absolute atomic E-state index is 0.226. The smallest absolute Gasteiger partial charge is 0.308 e. The lowest BCUT2D eigenvalue weighted by molar-refractivity contribution is 0.0924. The van der Waals surface area contributed by atoms with Gasteiger partial charge in [0.15, 0.2) is 0 Å². The van der Waals surface area contributed by atoms with E-state index >= 15 is 0 Å². The zero-order valence-corrected chi connectivity index (χ0v) is 18.1. The minimum atomic E-state index is -3.80. The van der Waals surface area contributed by atoms with E-state index in [1.54, 1.807) is 41.3 Å². The maximum atomic E-state index is 13.6. The third kappa shape index (κ3) is 4.47. The molecule has 0 spiro atoms. The molecule has 0 aliphatic carbocycles. The number of hydrogen-bond acceptors (Lipinski definition) is 3. The molecule has 0 saturated carbocycles. The van der Waals surface area contributed by atoms with Crippen molar-refractivity contribution in [2.24, 2.45) is 0 Å². The molecule has 160 valence electrons. The highest BCUT2D eigenvalue weighted by Gasteiger charge is 2.40. The summed E-state index contributed by atoms with van der Waals surface area (Å²) in [6.45, 7) is 2.71. The van der Waals surface area contributed by atoms with Crippen LogP contribution in [0.25, 0.3) is 0 Å². The van der Waals surface area contributed by atoms with Gasteiger partial charge in [0, 0.05) is 18.8 Å². The summed E-state index contributed by atoms with van der Waals surface area (Å²) in [4.78, 5) is 15.0. The summed E-state index contributed by atoms with van der Waals surface area (Å²) in [5.74, 6) is 0. The molecule has 7 heteroatoms. The number of hydrogen-bond donors (Lipinski definition) is 1. The fourth-order valence-corrected chi connectivity index (χ4v) is 5.41. The van der Waals surface area contributed by atoms with E-state index in [9.17, 15) is 13.2 Å². The highest BCUT2D eigenvalue weighted by molar-refractivity contribution is 7.89. The van der Waals surface area contributed by atoms with Crippen molar-refractivity contribution in [2.75, 3.05) is 18.4 Å². The van der Waals surface area contributed by atoms with Crippen LogP contribution in [-0.4, -0.2) is 36.7 Å². The maximum absolute atomic E-state index is 13.6. The molecular formula is C24H25N3O3S. The van der Waals surface area contributed by atoms with E-state index in [-0.39, 0.29) is 10.9 Å². The SMILES string of the molecule is Cc1ccc(S(=O)(=O)N2CCCN(C(=O)Nc3ccccc3)[C@@H]2c2ccccc2)cc1. The molecule has 1 aliphatic rings. The molecule has 31 heavy (non-hydrogen) atoms. The number of nitrogens with zero attached hydrogens (tertiary/aromatic N) is 2. The first kappa shape index (κ1) is 21.1. The summed E-state index contributed by atoms with van der Waals surface area (Å²) in [6.07, 6.45) is -0.179. The van der Waals surface area contributed by atoms with E-state index in [0.717, 1.165) is 11.1 Å². The summed E-state index contributed by atoms with van der Waals surface area (Å²) in [6, 6.07) is 25.0. The van der Waals surface area contributed by atoms with Crippen molar-refractivity contribution in [3.8, 4) is 0 Å². The number of aryl methyl sites for hydroxylation is 1. The molecule has 0 radical (unpaired) electrons. The van der Waals surface area contributed by atoms with Gasteiger partial charge in [-0.05, 0) is 43.2 Å². The van der Waals surface area contributed by atoms with Crippen LogP contribution in [-0.2, 0) is 10.0 Å². The van der Waals surface area contributed by atoms with E-state index in [4.69, 9.17) is 0 Å². The molecule has 0 aromatic heterocycles. The van der Waals surface area contributed by atoms with Gasteiger partial charge in [0.25, 0.3) is 0 Å². The summed E-state index contributed by atoms with van der Waals surface area (Å²) in [5, 5.41) is 2.90. The number of urea groups is 1. The van der Waals surface area contributed by atoms with Crippen molar-refractivity contribution in [2.45, 2.75) is 24.4 Å². The van der Waals surface area contributed by atoms with Crippen LogP contribution in [0, 0.1) is 6.92 Å². The molecule has 0 bridgehead atoms. The molecule has 1 N–H and O–H groups in total. The molecule has 1 heterocycles. The van der Waals surface area contributed by atoms with E-state index < -0.39 is 16.2 Å².